The van der Waals surface area contributed by atoms with Gasteiger partial charge < -0.3 is 10.1 Å². The van der Waals surface area contributed by atoms with E-state index < -0.39 is 18.5 Å². The number of nitrogens with zero attached hydrogens (tertiary/aromatic N) is 1. The maximum Gasteiger partial charge on any atom is 0.358 e. The third-order valence-corrected chi connectivity index (χ3v) is 4.37. The number of thiazole rings is 1. The molecular weight excluding hydrogens is 379 g/mol. The van der Waals surface area contributed by atoms with Crippen LogP contribution in [0.15, 0.2) is 53.9 Å². The van der Waals surface area contributed by atoms with Crippen molar-refractivity contribution in [3.8, 4) is 10.6 Å². The quantitative estimate of drug-likeness (QED) is 0.656. The summed E-state index contributed by atoms with van der Waals surface area (Å²) in [5.74, 6) is -1.55. The molecule has 0 aliphatic rings. The Labute approximate surface area is 157 Å². The Morgan fingerprint density at radius 1 is 1.19 bits per heavy atom. The van der Waals surface area contributed by atoms with Gasteiger partial charge in [-0.05, 0) is 42.5 Å². The highest BCUT2D eigenvalue weighted by Crippen LogP contribution is 2.24. The van der Waals surface area contributed by atoms with Crippen LogP contribution < -0.4 is 5.32 Å². The van der Waals surface area contributed by atoms with Crippen molar-refractivity contribution in [2.45, 2.75) is 0 Å². The number of hydrogen-bond donors (Lipinski definition) is 1. The molecule has 0 atom stereocenters. The second kappa shape index (κ2) is 8.07. The van der Waals surface area contributed by atoms with E-state index in [0.717, 1.165) is 0 Å². The van der Waals surface area contributed by atoms with Gasteiger partial charge >= 0.3 is 5.97 Å². The molecule has 1 N–H and O–H groups in total. The Hall–Kier alpha value is -2.77. The Bertz CT molecular complexity index is 944. The Kier molecular flexibility index (Phi) is 5.60. The van der Waals surface area contributed by atoms with Crippen molar-refractivity contribution in [2.75, 3.05) is 11.9 Å². The monoisotopic (exact) mass is 390 g/mol. The second-order valence-corrected chi connectivity index (χ2v) is 6.47. The zero-order valence-electron chi connectivity index (χ0n) is 13.2. The zero-order valence-corrected chi connectivity index (χ0v) is 14.8. The number of benzene rings is 2. The van der Waals surface area contributed by atoms with Gasteiger partial charge in [-0.2, -0.15) is 0 Å². The molecule has 0 radical (unpaired) electrons. The number of halogens is 2. The molecule has 3 aromatic rings. The first-order valence-electron chi connectivity index (χ1n) is 7.45. The number of esters is 1. The molecular formula is C18H12ClFN2O3S. The number of carbonyl (C=O) groups is 2. The summed E-state index contributed by atoms with van der Waals surface area (Å²) in [6.07, 6.45) is 0. The Morgan fingerprint density at radius 2 is 1.96 bits per heavy atom. The smallest absolute Gasteiger partial charge is 0.358 e. The standard InChI is InChI=1S/C18H12ClFN2O3S/c19-12-2-1-3-14(8-12)21-16(23)9-25-18(24)15-10-26-17(22-15)11-4-6-13(20)7-5-11/h1-8,10H,9H2,(H,21,23). The Balaban J connectivity index is 1.56. The zero-order chi connectivity index (χ0) is 18.5. The molecule has 0 aliphatic carbocycles. The lowest BCUT2D eigenvalue weighted by Gasteiger charge is -2.06. The molecule has 1 aromatic heterocycles. The molecule has 26 heavy (non-hydrogen) atoms. The van der Waals surface area contributed by atoms with E-state index in [4.69, 9.17) is 16.3 Å². The predicted molar refractivity (Wildman–Crippen MR) is 97.9 cm³/mol. The number of hydrogen-bond acceptors (Lipinski definition) is 5. The fourth-order valence-corrected chi connectivity index (χ4v) is 3.05. The van der Waals surface area contributed by atoms with E-state index in [9.17, 15) is 14.0 Å². The molecule has 2 aromatic carbocycles. The minimum atomic E-state index is -0.712. The normalized spacial score (nSPS) is 10.4. The number of ether oxygens (including phenoxy) is 1. The number of rotatable bonds is 5. The van der Waals surface area contributed by atoms with Crippen LogP contribution in [-0.4, -0.2) is 23.5 Å². The van der Waals surface area contributed by atoms with Gasteiger partial charge in [0.2, 0.25) is 0 Å². The van der Waals surface area contributed by atoms with Gasteiger partial charge in [0.15, 0.2) is 12.3 Å². The number of nitrogens with one attached hydrogen (secondary N) is 1. The van der Waals surface area contributed by atoms with E-state index in [2.05, 4.69) is 10.3 Å². The van der Waals surface area contributed by atoms with Crippen LogP contribution in [0.5, 0.6) is 0 Å². The van der Waals surface area contributed by atoms with Crippen LogP contribution in [0.3, 0.4) is 0 Å². The van der Waals surface area contributed by atoms with E-state index in [0.29, 0.717) is 21.3 Å². The van der Waals surface area contributed by atoms with Crippen LogP contribution in [-0.2, 0) is 9.53 Å². The molecule has 0 unspecified atom stereocenters. The average Bonchev–Trinajstić information content (AvgIpc) is 3.10. The maximum absolute atomic E-state index is 13.0. The lowest BCUT2D eigenvalue weighted by atomic mass is 10.2. The molecule has 0 aliphatic heterocycles. The summed E-state index contributed by atoms with van der Waals surface area (Å²) in [5.41, 5.74) is 1.28. The van der Waals surface area contributed by atoms with Crippen molar-refractivity contribution < 1.29 is 18.7 Å². The largest absolute Gasteiger partial charge is 0.451 e. The predicted octanol–water partition coefficient (Wildman–Crippen LogP) is 4.40. The van der Waals surface area contributed by atoms with Crippen LogP contribution in [0.2, 0.25) is 5.02 Å². The number of amides is 1. The average molecular weight is 391 g/mol. The van der Waals surface area contributed by atoms with Crippen LogP contribution >= 0.6 is 22.9 Å². The van der Waals surface area contributed by atoms with Gasteiger partial charge in [0.05, 0.1) is 0 Å². The molecule has 1 amide bonds. The lowest BCUT2D eigenvalue weighted by molar-refractivity contribution is -0.119. The fourth-order valence-electron chi connectivity index (χ4n) is 2.06. The third-order valence-electron chi connectivity index (χ3n) is 3.25. The lowest BCUT2D eigenvalue weighted by Crippen LogP contribution is -2.21. The van der Waals surface area contributed by atoms with Gasteiger partial charge in [-0.3, -0.25) is 4.79 Å². The minimum absolute atomic E-state index is 0.0879. The van der Waals surface area contributed by atoms with Crippen LogP contribution in [0.1, 0.15) is 10.5 Å². The van der Waals surface area contributed by atoms with Gasteiger partial charge in [0.25, 0.3) is 5.91 Å². The van der Waals surface area contributed by atoms with Crippen molar-refractivity contribution in [1.29, 1.82) is 0 Å². The molecule has 0 saturated heterocycles. The summed E-state index contributed by atoms with van der Waals surface area (Å²) in [6.45, 7) is -0.450. The van der Waals surface area contributed by atoms with Gasteiger partial charge in [-0.1, -0.05) is 17.7 Å². The third kappa shape index (κ3) is 4.65. The molecule has 132 valence electrons. The molecule has 0 saturated carbocycles. The first-order valence-corrected chi connectivity index (χ1v) is 8.71. The van der Waals surface area contributed by atoms with E-state index in [1.54, 1.807) is 36.4 Å². The highest BCUT2D eigenvalue weighted by atomic mass is 35.5. The molecule has 0 fully saturated rings. The summed E-state index contributed by atoms with van der Waals surface area (Å²) in [4.78, 5) is 28.0. The molecule has 3 rings (SSSR count). The summed E-state index contributed by atoms with van der Waals surface area (Å²) >= 11 is 7.06. The molecule has 0 spiro atoms. The van der Waals surface area contributed by atoms with Gasteiger partial charge in [0, 0.05) is 21.7 Å². The fraction of sp³-hybridized carbons (Fsp3) is 0.0556. The summed E-state index contributed by atoms with van der Waals surface area (Å²) in [5, 5.41) is 5.13. The van der Waals surface area contributed by atoms with Crippen molar-refractivity contribution in [3.63, 3.8) is 0 Å². The van der Waals surface area contributed by atoms with E-state index in [1.165, 1.54) is 28.8 Å². The van der Waals surface area contributed by atoms with Gasteiger partial charge in [-0.25, -0.2) is 14.2 Å². The number of anilines is 1. The summed E-state index contributed by atoms with van der Waals surface area (Å²) in [7, 11) is 0. The van der Waals surface area contributed by atoms with Crippen LogP contribution in [0.4, 0.5) is 10.1 Å². The summed E-state index contributed by atoms with van der Waals surface area (Å²) < 4.78 is 17.9. The second-order valence-electron chi connectivity index (χ2n) is 5.18. The van der Waals surface area contributed by atoms with Crippen LogP contribution in [0, 0.1) is 5.82 Å². The van der Waals surface area contributed by atoms with Crippen molar-refractivity contribution in [2.24, 2.45) is 0 Å². The SMILES string of the molecule is O=C(COC(=O)c1csc(-c2ccc(F)cc2)n1)Nc1cccc(Cl)c1. The first kappa shape index (κ1) is 18.0. The van der Waals surface area contributed by atoms with Gasteiger partial charge in [-0.15, -0.1) is 11.3 Å². The number of carbonyl (C=O) groups excluding carboxylic acids is 2. The first-order chi connectivity index (χ1) is 12.5. The highest BCUT2D eigenvalue weighted by Gasteiger charge is 2.15. The molecule has 5 nitrogen and oxygen atoms in total. The molecule has 0 bridgehead atoms. The van der Waals surface area contributed by atoms with Gasteiger partial charge in [0.1, 0.15) is 10.8 Å². The van der Waals surface area contributed by atoms with E-state index in [-0.39, 0.29) is 11.5 Å². The van der Waals surface area contributed by atoms with Crippen molar-refractivity contribution in [1.82, 2.24) is 4.98 Å². The highest BCUT2D eigenvalue weighted by molar-refractivity contribution is 7.13. The topological polar surface area (TPSA) is 68.3 Å². The molecule has 1 heterocycles. The van der Waals surface area contributed by atoms with Crippen LogP contribution in [0.25, 0.3) is 10.6 Å². The van der Waals surface area contributed by atoms with E-state index >= 15 is 0 Å². The molecule has 8 heteroatoms. The number of aromatic nitrogens is 1. The Morgan fingerprint density at radius 3 is 2.69 bits per heavy atom. The maximum atomic E-state index is 13.0. The van der Waals surface area contributed by atoms with Crippen molar-refractivity contribution >= 4 is 40.5 Å². The minimum Gasteiger partial charge on any atom is -0.451 e. The van der Waals surface area contributed by atoms with E-state index in [1.807, 2.05) is 0 Å². The summed E-state index contributed by atoms with van der Waals surface area (Å²) in [6, 6.07) is 12.4. The van der Waals surface area contributed by atoms with Crippen molar-refractivity contribution in [3.05, 3.63) is 70.4 Å².